The van der Waals surface area contributed by atoms with Crippen molar-refractivity contribution in [3.63, 3.8) is 0 Å². The number of nitro groups is 1. The zero-order valence-electron chi connectivity index (χ0n) is 11.8. The van der Waals surface area contributed by atoms with Gasteiger partial charge in [0.05, 0.1) is 27.5 Å². The average molecular weight is 353 g/mol. The molecule has 1 unspecified atom stereocenters. The van der Waals surface area contributed by atoms with Gasteiger partial charge in [0, 0.05) is 6.07 Å². The molecule has 126 valence electrons. The molecule has 0 saturated heterocycles. The maximum absolute atomic E-state index is 11.7. The van der Waals surface area contributed by atoms with Crippen LogP contribution in [0.3, 0.4) is 0 Å². The van der Waals surface area contributed by atoms with Crippen LogP contribution in [0.5, 0.6) is 5.75 Å². The van der Waals surface area contributed by atoms with E-state index in [1.165, 1.54) is 24.3 Å². The predicted molar refractivity (Wildman–Crippen MR) is 85.5 cm³/mol. The number of hydrogen-bond donors (Lipinski definition) is 4. The summed E-state index contributed by atoms with van der Waals surface area (Å²) in [6.07, 6.45) is 0. The molecule has 5 N–H and O–H groups in total. The molecule has 0 bridgehead atoms. The quantitative estimate of drug-likeness (QED) is 0.208. The van der Waals surface area contributed by atoms with Crippen molar-refractivity contribution in [2.75, 3.05) is 10.0 Å². The summed E-state index contributed by atoms with van der Waals surface area (Å²) in [5.74, 6) is -2.15. The first kappa shape index (κ1) is 17.2. The van der Waals surface area contributed by atoms with E-state index in [0.29, 0.717) is 4.31 Å². The minimum absolute atomic E-state index is 0.176. The lowest BCUT2D eigenvalue weighted by Crippen LogP contribution is -2.22. The summed E-state index contributed by atoms with van der Waals surface area (Å²) in [4.78, 5) is 21.3. The number of phenolic OH excluding ortho intramolecular Hbond substituents is 1. The van der Waals surface area contributed by atoms with E-state index in [1.54, 1.807) is 0 Å². The number of nitrogens with two attached hydrogens (primary N) is 1. The largest absolute Gasteiger partial charge is 0.501 e. The van der Waals surface area contributed by atoms with Gasteiger partial charge in [0.1, 0.15) is 0 Å². The lowest BCUT2D eigenvalue weighted by molar-refractivity contribution is -0.385. The van der Waals surface area contributed by atoms with Gasteiger partial charge in [0.2, 0.25) is 5.75 Å². The molecule has 11 heteroatoms. The highest BCUT2D eigenvalue weighted by atomic mass is 32.2. The number of nitrogen functional groups attached to an aromatic ring is 1. The van der Waals surface area contributed by atoms with E-state index in [2.05, 4.69) is 0 Å². The number of nitro benzene ring substituents is 1. The van der Waals surface area contributed by atoms with Crippen LogP contribution in [0.4, 0.5) is 22.7 Å². The van der Waals surface area contributed by atoms with Crippen LogP contribution in [-0.4, -0.2) is 29.9 Å². The molecule has 0 heterocycles. The van der Waals surface area contributed by atoms with E-state index in [1.807, 2.05) is 0 Å². The Kier molecular flexibility index (Phi) is 4.66. The van der Waals surface area contributed by atoms with Gasteiger partial charge in [-0.25, -0.2) is 13.3 Å². The first-order valence-corrected chi connectivity index (χ1v) is 7.30. The molecule has 2 aromatic rings. The standard InChI is InChI=1S/C13H11N3O7S/c14-9-5-7(6-11(12(9)17)16(20)21)15(24(22)23)10-4-2-1-3-8(10)13(18)19/h1-6,17H,14H2,(H,18,19)(H,22,23). The van der Waals surface area contributed by atoms with E-state index in [0.717, 1.165) is 12.1 Å². The number of rotatable bonds is 5. The van der Waals surface area contributed by atoms with E-state index in [-0.39, 0.29) is 16.9 Å². The summed E-state index contributed by atoms with van der Waals surface area (Å²) in [5, 5.41) is 29.8. The molecule has 0 radical (unpaired) electrons. The number of aromatic hydroxyl groups is 1. The molecule has 0 fully saturated rings. The van der Waals surface area contributed by atoms with Crippen LogP contribution in [-0.2, 0) is 11.3 Å². The zero-order valence-corrected chi connectivity index (χ0v) is 12.6. The molecular weight excluding hydrogens is 342 g/mol. The number of carbonyl (C=O) groups is 1. The molecule has 0 spiro atoms. The Hall–Kier alpha value is -3.18. The summed E-state index contributed by atoms with van der Waals surface area (Å²) in [6.45, 7) is 0. The topological polar surface area (TPSA) is 167 Å². The number of carboxylic acid groups (broad SMARTS) is 1. The fourth-order valence-corrected chi connectivity index (χ4v) is 2.64. The second-order valence-corrected chi connectivity index (χ2v) is 5.33. The van der Waals surface area contributed by atoms with Crippen LogP contribution in [0, 0.1) is 10.1 Å². The third kappa shape index (κ3) is 3.11. The number of para-hydroxylation sites is 1. The van der Waals surface area contributed by atoms with Crippen LogP contribution >= 0.6 is 0 Å². The van der Waals surface area contributed by atoms with Gasteiger partial charge in [-0.15, -0.1) is 0 Å². The van der Waals surface area contributed by atoms with Crippen molar-refractivity contribution in [2.45, 2.75) is 0 Å². The molecule has 2 aromatic carbocycles. The normalized spacial score (nSPS) is 11.7. The van der Waals surface area contributed by atoms with Crippen LogP contribution in [0.1, 0.15) is 10.4 Å². The highest BCUT2D eigenvalue weighted by Crippen LogP contribution is 2.39. The second kappa shape index (κ2) is 6.52. The van der Waals surface area contributed by atoms with Crippen LogP contribution in [0.15, 0.2) is 36.4 Å². The first-order valence-electron chi connectivity index (χ1n) is 6.24. The Bertz CT molecular complexity index is 855. The lowest BCUT2D eigenvalue weighted by atomic mass is 10.1. The van der Waals surface area contributed by atoms with Gasteiger partial charge < -0.3 is 15.9 Å². The summed E-state index contributed by atoms with van der Waals surface area (Å²) in [7, 11) is 0. The van der Waals surface area contributed by atoms with Gasteiger partial charge in [-0.1, -0.05) is 12.1 Å². The van der Waals surface area contributed by atoms with Crippen molar-refractivity contribution in [1.82, 2.24) is 0 Å². The van der Waals surface area contributed by atoms with Crippen LogP contribution in [0.2, 0.25) is 0 Å². The maximum atomic E-state index is 11.7. The smallest absolute Gasteiger partial charge is 0.337 e. The number of aromatic carboxylic acids is 1. The molecule has 0 saturated carbocycles. The number of anilines is 3. The van der Waals surface area contributed by atoms with Gasteiger partial charge in [-0.3, -0.25) is 14.7 Å². The molecule has 0 aromatic heterocycles. The summed E-state index contributed by atoms with van der Waals surface area (Å²) >= 11 is -2.76. The minimum Gasteiger partial charge on any atom is -0.501 e. The number of nitrogens with zero attached hydrogens (tertiary/aromatic N) is 2. The van der Waals surface area contributed by atoms with Crippen molar-refractivity contribution < 1.29 is 28.7 Å². The van der Waals surface area contributed by atoms with Crippen LogP contribution < -0.4 is 10.0 Å². The Morgan fingerprint density at radius 3 is 2.46 bits per heavy atom. The molecule has 0 aliphatic carbocycles. The number of phenols is 1. The lowest BCUT2D eigenvalue weighted by Gasteiger charge is -2.22. The van der Waals surface area contributed by atoms with Gasteiger partial charge in [0.15, 0.2) is 0 Å². The second-order valence-electron chi connectivity index (χ2n) is 4.51. The highest BCUT2D eigenvalue weighted by molar-refractivity contribution is 7.81. The fourth-order valence-electron chi connectivity index (χ4n) is 2.03. The fraction of sp³-hybridized carbons (Fsp3) is 0. The summed E-state index contributed by atoms with van der Waals surface area (Å²) in [5.41, 5.74) is 3.61. The van der Waals surface area contributed by atoms with Crippen molar-refractivity contribution >= 4 is 40.0 Å². The van der Waals surface area contributed by atoms with Crippen molar-refractivity contribution in [1.29, 1.82) is 0 Å². The van der Waals surface area contributed by atoms with E-state index >= 15 is 0 Å². The monoisotopic (exact) mass is 353 g/mol. The molecular formula is C13H11N3O7S. The Morgan fingerprint density at radius 2 is 1.92 bits per heavy atom. The summed E-state index contributed by atoms with van der Waals surface area (Å²) < 4.78 is 21.9. The highest BCUT2D eigenvalue weighted by Gasteiger charge is 2.26. The third-order valence-electron chi connectivity index (χ3n) is 3.04. The molecule has 24 heavy (non-hydrogen) atoms. The number of benzene rings is 2. The van der Waals surface area contributed by atoms with Crippen molar-refractivity contribution in [3.05, 3.63) is 52.1 Å². The molecule has 1 atom stereocenters. The first-order chi connectivity index (χ1) is 11.2. The number of carboxylic acids is 1. The molecule has 10 nitrogen and oxygen atoms in total. The van der Waals surface area contributed by atoms with E-state index in [9.17, 15) is 33.9 Å². The van der Waals surface area contributed by atoms with Gasteiger partial charge in [-0.2, -0.15) is 0 Å². The minimum atomic E-state index is -2.76. The molecule has 0 aliphatic heterocycles. The molecule has 2 rings (SSSR count). The maximum Gasteiger partial charge on any atom is 0.337 e. The van der Waals surface area contributed by atoms with Crippen molar-refractivity contribution in [2.24, 2.45) is 0 Å². The third-order valence-corrected chi connectivity index (χ3v) is 3.76. The van der Waals surface area contributed by atoms with Gasteiger partial charge in [-0.05, 0) is 18.2 Å². The van der Waals surface area contributed by atoms with E-state index < -0.39 is 39.3 Å². The van der Waals surface area contributed by atoms with Crippen molar-refractivity contribution in [3.8, 4) is 5.75 Å². The molecule has 0 amide bonds. The Morgan fingerprint density at radius 1 is 1.29 bits per heavy atom. The SMILES string of the molecule is Nc1cc(N(c2ccccc2C(=O)O)S(=O)O)cc([N+](=O)[O-])c1O. The summed E-state index contributed by atoms with van der Waals surface area (Å²) in [6, 6.07) is 7.15. The van der Waals surface area contributed by atoms with E-state index in [4.69, 9.17) is 5.73 Å². The molecule has 0 aliphatic rings. The Balaban J connectivity index is 2.73. The average Bonchev–Trinajstić information content (AvgIpc) is 2.50. The predicted octanol–water partition coefficient (Wildman–Crippen LogP) is 1.86. The Labute approximate surface area is 137 Å². The number of hydrogen-bond acceptors (Lipinski definition) is 6. The van der Waals surface area contributed by atoms with Gasteiger partial charge >= 0.3 is 11.7 Å². The van der Waals surface area contributed by atoms with Crippen LogP contribution in [0.25, 0.3) is 0 Å². The zero-order chi connectivity index (χ0) is 18.0. The van der Waals surface area contributed by atoms with Gasteiger partial charge in [0.25, 0.3) is 11.3 Å².